The Labute approximate surface area is 120 Å². The molecule has 104 valence electrons. The number of carbonyl (C=O) groups is 2. The average Bonchev–Trinajstić information content (AvgIpc) is 2.34. The van der Waals surface area contributed by atoms with Crippen molar-refractivity contribution in [1.82, 2.24) is 4.90 Å². The van der Waals surface area contributed by atoms with Gasteiger partial charge in [0.1, 0.15) is 5.75 Å². The second kappa shape index (κ2) is 6.56. The van der Waals surface area contributed by atoms with Gasteiger partial charge in [0.2, 0.25) is 5.91 Å². The fourth-order valence-corrected chi connectivity index (χ4v) is 2.32. The number of benzene rings is 1. The predicted octanol–water partition coefficient (Wildman–Crippen LogP) is 2.45. The summed E-state index contributed by atoms with van der Waals surface area (Å²) < 4.78 is 5.91. The number of hydrogen-bond donors (Lipinski definition) is 1. The van der Waals surface area contributed by atoms with Crippen molar-refractivity contribution in [3.63, 3.8) is 0 Å². The van der Waals surface area contributed by atoms with Crippen molar-refractivity contribution in [2.24, 2.45) is 0 Å². The van der Waals surface area contributed by atoms with Gasteiger partial charge in [-0.2, -0.15) is 0 Å². The smallest absolute Gasteiger partial charge is 0.331 e. The van der Waals surface area contributed by atoms with Crippen LogP contribution in [0.3, 0.4) is 0 Å². The molecular weight excluding hydrogens is 314 g/mol. The monoisotopic (exact) mass is 329 g/mol. The highest BCUT2D eigenvalue weighted by Gasteiger charge is 2.31. The minimum atomic E-state index is -1.09. The summed E-state index contributed by atoms with van der Waals surface area (Å²) >= 11 is 3.30. The number of nitrogens with zero attached hydrogens (tertiary/aromatic N) is 1. The molecule has 0 aliphatic rings. The minimum Gasteiger partial charge on any atom is -0.496 e. The third-order valence-electron chi connectivity index (χ3n) is 2.78. The van der Waals surface area contributed by atoms with E-state index in [1.54, 1.807) is 25.1 Å². The predicted molar refractivity (Wildman–Crippen MR) is 74.1 cm³/mol. The molecule has 0 heterocycles. The second-order valence-corrected chi connectivity index (χ2v) is 4.85. The molecule has 0 saturated heterocycles. The summed E-state index contributed by atoms with van der Waals surface area (Å²) in [6.45, 7) is 3.40. The molecule has 1 N–H and O–H groups in total. The van der Waals surface area contributed by atoms with Crippen molar-refractivity contribution in [3.05, 3.63) is 28.2 Å². The maximum absolute atomic E-state index is 11.6. The Bertz CT molecular complexity index is 490. The van der Waals surface area contributed by atoms with Crippen LogP contribution in [0.5, 0.6) is 5.75 Å². The van der Waals surface area contributed by atoms with Crippen LogP contribution in [-0.4, -0.2) is 35.5 Å². The number of methoxy groups -OCH3 is 1. The first-order valence-corrected chi connectivity index (χ1v) is 6.55. The van der Waals surface area contributed by atoms with Crippen LogP contribution in [0.25, 0.3) is 0 Å². The molecule has 1 unspecified atom stereocenters. The standard InChI is InChI=1S/C13H16BrNO4/c1-4-15(8(2)16)12(13(17)18)10-7-9(14)5-6-11(10)19-3/h5-7,12H,4H2,1-3H3,(H,17,18). The zero-order valence-electron chi connectivity index (χ0n) is 11.0. The summed E-state index contributed by atoms with van der Waals surface area (Å²) in [5.41, 5.74) is 0.446. The third kappa shape index (κ3) is 3.47. The van der Waals surface area contributed by atoms with E-state index < -0.39 is 12.0 Å². The van der Waals surface area contributed by atoms with E-state index in [2.05, 4.69) is 15.9 Å². The van der Waals surface area contributed by atoms with E-state index in [0.717, 1.165) is 4.47 Å². The first-order valence-electron chi connectivity index (χ1n) is 5.75. The normalized spacial score (nSPS) is 11.8. The van der Waals surface area contributed by atoms with Gasteiger partial charge in [-0.05, 0) is 25.1 Å². The van der Waals surface area contributed by atoms with Crippen molar-refractivity contribution >= 4 is 27.8 Å². The highest BCUT2D eigenvalue weighted by atomic mass is 79.9. The fourth-order valence-electron chi connectivity index (χ4n) is 1.94. The molecule has 19 heavy (non-hydrogen) atoms. The van der Waals surface area contributed by atoms with Gasteiger partial charge in [-0.25, -0.2) is 4.79 Å². The van der Waals surface area contributed by atoms with E-state index in [0.29, 0.717) is 17.9 Å². The second-order valence-electron chi connectivity index (χ2n) is 3.93. The molecule has 0 radical (unpaired) electrons. The van der Waals surface area contributed by atoms with Crippen LogP contribution >= 0.6 is 15.9 Å². The molecule has 1 aromatic carbocycles. The van der Waals surface area contributed by atoms with Crippen LogP contribution in [0, 0.1) is 0 Å². The van der Waals surface area contributed by atoms with E-state index in [1.165, 1.54) is 18.9 Å². The van der Waals surface area contributed by atoms with Crippen LogP contribution in [0.1, 0.15) is 25.5 Å². The van der Waals surface area contributed by atoms with Crippen molar-refractivity contribution in [2.75, 3.05) is 13.7 Å². The molecule has 0 aliphatic carbocycles. The summed E-state index contributed by atoms with van der Waals surface area (Å²) in [5.74, 6) is -0.944. The van der Waals surface area contributed by atoms with Gasteiger partial charge in [0.05, 0.1) is 7.11 Å². The summed E-state index contributed by atoms with van der Waals surface area (Å²) in [6.07, 6.45) is 0. The maximum atomic E-state index is 11.6. The quantitative estimate of drug-likeness (QED) is 0.901. The van der Waals surface area contributed by atoms with Crippen molar-refractivity contribution in [1.29, 1.82) is 0 Å². The number of hydrogen-bond acceptors (Lipinski definition) is 3. The van der Waals surface area contributed by atoms with Gasteiger partial charge in [0.15, 0.2) is 6.04 Å². The number of carboxylic acids is 1. The number of likely N-dealkylation sites (N-methyl/N-ethyl adjacent to an activating group) is 1. The molecule has 1 atom stereocenters. The molecule has 1 rings (SSSR count). The Kier molecular flexibility index (Phi) is 5.35. The largest absolute Gasteiger partial charge is 0.496 e. The Morgan fingerprint density at radius 3 is 2.53 bits per heavy atom. The summed E-state index contributed by atoms with van der Waals surface area (Å²) in [7, 11) is 1.47. The molecule has 5 nitrogen and oxygen atoms in total. The van der Waals surface area contributed by atoms with E-state index in [9.17, 15) is 14.7 Å². The number of carboxylic acid groups (broad SMARTS) is 1. The van der Waals surface area contributed by atoms with Crippen molar-refractivity contribution in [3.8, 4) is 5.75 Å². The molecule has 0 fully saturated rings. The fraction of sp³-hybridized carbons (Fsp3) is 0.385. The molecule has 0 aliphatic heterocycles. The van der Waals surface area contributed by atoms with Crippen LogP contribution in [0.4, 0.5) is 0 Å². The van der Waals surface area contributed by atoms with E-state index >= 15 is 0 Å². The molecular formula is C13H16BrNO4. The van der Waals surface area contributed by atoms with E-state index in [1.807, 2.05) is 0 Å². The van der Waals surface area contributed by atoms with Crippen molar-refractivity contribution < 1.29 is 19.4 Å². The third-order valence-corrected chi connectivity index (χ3v) is 3.27. The maximum Gasteiger partial charge on any atom is 0.331 e. The molecule has 0 saturated carbocycles. The highest BCUT2D eigenvalue weighted by Crippen LogP contribution is 2.32. The van der Waals surface area contributed by atoms with E-state index in [-0.39, 0.29) is 5.91 Å². The van der Waals surface area contributed by atoms with Gasteiger partial charge >= 0.3 is 5.97 Å². The number of carbonyl (C=O) groups excluding carboxylic acids is 1. The van der Waals surface area contributed by atoms with Gasteiger partial charge in [-0.3, -0.25) is 4.79 Å². The lowest BCUT2D eigenvalue weighted by Gasteiger charge is -2.28. The average molecular weight is 330 g/mol. The summed E-state index contributed by atoms with van der Waals surface area (Å²) in [4.78, 5) is 24.4. The number of halogens is 1. The SMILES string of the molecule is CCN(C(C)=O)C(C(=O)O)c1cc(Br)ccc1OC. The van der Waals surface area contributed by atoms with Gasteiger partial charge in [0.25, 0.3) is 0 Å². The lowest BCUT2D eigenvalue weighted by molar-refractivity contribution is -0.149. The molecule has 1 aromatic rings. The molecule has 1 amide bonds. The Balaban J connectivity index is 3.37. The van der Waals surface area contributed by atoms with Crippen LogP contribution in [0.15, 0.2) is 22.7 Å². The Morgan fingerprint density at radius 1 is 1.47 bits per heavy atom. The Morgan fingerprint density at radius 2 is 2.11 bits per heavy atom. The number of rotatable bonds is 5. The number of ether oxygens (including phenoxy) is 1. The minimum absolute atomic E-state index is 0.295. The molecule has 6 heteroatoms. The highest BCUT2D eigenvalue weighted by molar-refractivity contribution is 9.10. The zero-order valence-corrected chi connectivity index (χ0v) is 12.6. The molecule has 0 bridgehead atoms. The first-order chi connectivity index (χ1) is 8.92. The van der Waals surface area contributed by atoms with Gasteiger partial charge < -0.3 is 14.7 Å². The zero-order chi connectivity index (χ0) is 14.6. The van der Waals surface area contributed by atoms with Crippen LogP contribution in [-0.2, 0) is 9.59 Å². The van der Waals surface area contributed by atoms with Gasteiger partial charge in [0, 0.05) is 23.5 Å². The number of aliphatic carboxylic acids is 1. The summed E-state index contributed by atoms with van der Waals surface area (Å²) in [6, 6.07) is 4.02. The first kappa shape index (κ1) is 15.5. The topological polar surface area (TPSA) is 66.8 Å². The van der Waals surface area contributed by atoms with Crippen LogP contribution < -0.4 is 4.74 Å². The lowest BCUT2D eigenvalue weighted by Crippen LogP contribution is -2.37. The lowest BCUT2D eigenvalue weighted by atomic mass is 10.0. The van der Waals surface area contributed by atoms with Gasteiger partial charge in [-0.1, -0.05) is 15.9 Å². The van der Waals surface area contributed by atoms with E-state index in [4.69, 9.17) is 4.74 Å². The van der Waals surface area contributed by atoms with Crippen molar-refractivity contribution in [2.45, 2.75) is 19.9 Å². The van der Waals surface area contributed by atoms with Crippen LogP contribution in [0.2, 0.25) is 0 Å². The summed E-state index contributed by atoms with van der Waals surface area (Å²) in [5, 5.41) is 9.42. The molecule has 0 spiro atoms. The Hall–Kier alpha value is -1.56. The number of amides is 1. The molecule has 0 aromatic heterocycles. The van der Waals surface area contributed by atoms with Gasteiger partial charge in [-0.15, -0.1) is 0 Å².